The Hall–Kier alpha value is -2.09. The Morgan fingerprint density at radius 1 is 1.27 bits per heavy atom. The molecule has 7 N–H and O–H groups in total. The molecule has 0 unspecified atom stereocenters. The van der Waals surface area contributed by atoms with E-state index in [0.29, 0.717) is 5.56 Å². The first-order chi connectivity index (χ1) is 9.83. The number of carbonyl (C=O) groups is 2. The zero-order valence-corrected chi connectivity index (χ0v) is 12.4. The van der Waals surface area contributed by atoms with Crippen LogP contribution in [0.25, 0.3) is 10.9 Å². The lowest BCUT2D eigenvalue weighted by Gasteiger charge is -2.23. The number of quaternary nitrogens is 1. The van der Waals surface area contributed by atoms with Gasteiger partial charge in [-0.05, 0) is 11.6 Å². The van der Waals surface area contributed by atoms with E-state index in [-0.39, 0.29) is 18.8 Å². The van der Waals surface area contributed by atoms with Crippen molar-refractivity contribution in [1.29, 1.82) is 0 Å². The molecule has 2 rings (SSSR count). The smallest absolute Gasteiger partial charge is 0.362 e. The van der Waals surface area contributed by atoms with Crippen molar-refractivity contribution >= 4 is 22.8 Å². The normalized spacial score (nSPS) is 14.8. The quantitative estimate of drug-likeness (QED) is 0.376. The van der Waals surface area contributed by atoms with Crippen molar-refractivity contribution in [2.24, 2.45) is 0 Å². The predicted molar refractivity (Wildman–Crippen MR) is 73.5 cm³/mol. The van der Waals surface area contributed by atoms with Gasteiger partial charge in [0, 0.05) is 23.5 Å². The third-order valence-electron chi connectivity index (χ3n) is 3.49. The van der Waals surface area contributed by atoms with Gasteiger partial charge >= 0.3 is 11.9 Å². The van der Waals surface area contributed by atoms with Gasteiger partial charge in [-0.15, -0.1) is 0 Å². The zero-order chi connectivity index (χ0) is 15.6. The summed E-state index contributed by atoms with van der Waals surface area (Å²) in [5, 5.41) is 29.2. The molecule has 0 aliphatic rings. The second-order valence-corrected chi connectivity index (χ2v) is 5.11. The lowest BCUT2D eigenvalue weighted by molar-refractivity contribution is -0.413. The molecule has 0 aliphatic heterocycles. The van der Waals surface area contributed by atoms with Gasteiger partial charge in [-0.25, -0.2) is 9.59 Å². The number of carboxylic acids is 2. The van der Waals surface area contributed by atoms with Crippen LogP contribution in [0.4, 0.5) is 0 Å². The maximum absolute atomic E-state index is 11.4. The first-order valence-corrected chi connectivity index (χ1v) is 6.40. The summed E-state index contributed by atoms with van der Waals surface area (Å²) in [5.41, 5.74) is 2.64. The fourth-order valence-electron chi connectivity index (χ4n) is 2.32. The molecule has 8 heteroatoms. The molecule has 22 heavy (non-hydrogen) atoms. The Morgan fingerprint density at radius 2 is 1.91 bits per heavy atom. The number of halogens is 1. The molecule has 1 aromatic heterocycles. The van der Waals surface area contributed by atoms with Crippen LogP contribution >= 0.6 is 0 Å². The molecule has 2 atom stereocenters. The van der Waals surface area contributed by atoms with Crippen molar-refractivity contribution in [2.45, 2.75) is 24.5 Å². The summed E-state index contributed by atoms with van der Waals surface area (Å²) in [7, 11) is 0. The van der Waals surface area contributed by atoms with E-state index >= 15 is 0 Å². The largest absolute Gasteiger partial charge is 1.00 e. The number of aromatic amines is 1. The van der Waals surface area contributed by atoms with Crippen LogP contribution in [-0.4, -0.2) is 43.9 Å². The maximum atomic E-state index is 11.4. The van der Waals surface area contributed by atoms with Gasteiger partial charge in [0.25, 0.3) is 0 Å². The Bertz CT molecular complexity index is 687. The minimum atomic E-state index is -2.17. The van der Waals surface area contributed by atoms with E-state index in [1.165, 1.54) is 0 Å². The summed E-state index contributed by atoms with van der Waals surface area (Å²) in [6, 6.07) is 6.09. The fraction of sp³-hybridized carbons (Fsp3) is 0.286. The third kappa shape index (κ3) is 3.56. The van der Waals surface area contributed by atoms with Gasteiger partial charge < -0.3 is 38.4 Å². The van der Waals surface area contributed by atoms with Crippen LogP contribution in [0.3, 0.4) is 0 Å². The molecule has 0 saturated heterocycles. The number of H-pyrrole nitrogens is 1. The highest BCUT2D eigenvalue weighted by Gasteiger charge is 2.41. The van der Waals surface area contributed by atoms with Crippen molar-refractivity contribution in [2.75, 3.05) is 0 Å². The highest BCUT2D eigenvalue weighted by molar-refractivity contribution is 5.85. The molecule has 120 valence electrons. The van der Waals surface area contributed by atoms with Crippen LogP contribution in [-0.2, 0) is 16.0 Å². The SMILES string of the molecule is [Cl-].[NH3+][C@@H](C[C@@](O)(Cc1c[nH]c2ccccc12)C(=O)O)C(=O)O. The van der Waals surface area contributed by atoms with Crippen LogP contribution in [0.2, 0.25) is 0 Å². The molecule has 1 heterocycles. The molecule has 0 bridgehead atoms. The summed E-state index contributed by atoms with van der Waals surface area (Å²) < 4.78 is 0. The van der Waals surface area contributed by atoms with Crippen molar-refractivity contribution in [3.05, 3.63) is 36.0 Å². The minimum Gasteiger partial charge on any atom is -1.00 e. The van der Waals surface area contributed by atoms with Crippen molar-refractivity contribution in [3.8, 4) is 0 Å². The topological polar surface area (TPSA) is 138 Å². The second kappa shape index (κ2) is 6.78. The Morgan fingerprint density at radius 3 is 2.50 bits per heavy atom. The highest BCUT2D eigenvalue weighted by atomic mass is 35.5. The first-order valence-electron chi connectivity index (χ1n) is 6.40. The molecule has 0 fully saturated rings. The maximum Gasteiger partial charge on any atom is 0.362 e. The standard InChI is InChI=1S/C14H16N2O5.ClH/c15-10(12(17)18)6-14(21,13(19)20)5-8-7-16-11-4-2-1-3-9(8)11;/h1-4,7,10,16,21H,5-6,15H2,(H,17,18)(H,19,20);1H/t10-,14-;/m0./s1. The van der Waals surface area contributed by atoms with Gasteiger partial charge in [0.05, 0.1) is 6.42 Å². The van der Waals surface area contributed by atoms with E-state index in [2.05, 4.69) is 10.7 Å². The number of hydrogen-bond acceptors (Lipinski definition) is 3. The van der Waals surface area contributed by atoms with Gasteiger partial charge in [0.2, 0.25) is 0 Å². The minimum absolute atomic E-state index is 0. The first kappa shape index (κ1) is 18.0. The summed E-state index contributed by atoms with van der Waals surface area (Å²) in [6.45, 7) is 0. The van der Waals surface area contributed by atoms with Crippen molar-refractivity contribution in [1.82, 2.24) is 4.98 Å². The predicted octanol–water partition coefficient (Wildman–Crippen LogP) is -3.38. The molecule has 0 spiro atoms. The second-order valence-electron chi connectivity index (χ2n) is 5.11. The van der Waals surface area contributed by atoms with Crippen LogP contribution in [0.5, 0.6) is 0 Å². The number of aliphatic carboxylic acids is 2. The third-order valence-corrected chi connectivity index (χ3v) is 3.49. The van der Waals surface area contributed by atoms with Gasteiger partial charge in [0.15, 0.2) is 11.6 Å². The molecule has 2 aromatic rings. The van der Waals surface area contributed by atoms with Gasteiger partial charge in [-0.1, -0.05) is 18.2 Å². The summed E-state index contributed by atoms with van der Waals surface area (Å²) in [5.74, 6) is -2.70. The van der Waals surface area contributed by atoms with Gasteiger partial charge in [-0.2, -0.15) is 0 Å². The zero-order valence-electron chi connectivity index (χ0n) is 11.6. The average Bonchev–Trinajstić information content (AvgIpc) is 2.81. The monoisotopic (exact) mass is 328 g/mol. The lowest BCUT2D eigenvalue weighted by Crippen LogP contribution is -3.00. The molecule has 7 nitrogen and oxygen atoms in total. The molecule has 1 aromatic carbocycles. The average molecular weight is 329 g/mol. The Kier molecular flexibility index (Phi) is 5.54. The van der Waals surface area contributed by atoms with E-state index in [4.69, 9.17) is 5.11 Å². The number of aliphatic hydroxyl groups is 1. The molecule has 0 aliphatic carbocycles. The summed E-state index contributed by atoms with van der Waals surface area (Å²) in [6.07, 6.45) is 0.972. The molecule has 0 radical (unpaired) electrons. The van der Waals surface area contributed by atoms with E-state index in [0.717, 1.165) is 10.9 Å². The number of para-hydroxylation sites is 1. The number of fused-ring (bicyclic) bond motifs is 1. The van der Waals surface area contributed by atoms with E-state index in [9.17, 15) is 19.8 Å². The van der Waals surface area contributed by atoms with Crippen LogP contribution in [0.1, 0.15) is 12.0 Å². The van der Waals surface area contributed by atoms with E-state index in [1.807, 2.05) is 18.2 Å². The van der Waals surface area contributed by atoms with Gasteiger partial charge in [0.1, 0.15) is 0 Å². The molecule has 0 amide bonds. The van der Waals surface area contributed by atoms with Crippen LogP contribution in [0, 0.1) is 0 Å². The van der Waals surface area contributed by atoms with Crippen molar-refractivity contribution in [3.63, 3.8) is 0 Å². The van der Waals surface area contributed by atoms with Crippen LogP contribution in [0.15, 0.2) is 30.5 Å². The molecule has 0 saturated carbocycles. The number of carboxylic acid groups (broad SMARTS) is 2. The summed E-state index contributed by atoms with van der Waals surface area (Å²) >= 11 is 0. The van der Waals surface area contributed by atoms with Crippen molar-refractivity contribution < 1.29 is 43.0 Å². The fourth-order valence-corrected chi connectivity index (χ4v) is 2.32. The Balaban J connectivity index is 0.00000242. The summed E-state index contributed by atoms with van der Waals surface area (Å²) in [4.78, 5) is 25.2. The Labute approximate surface area is 132 Å². The van der Waals surface area contributed by atoms with Gasteiger partial charge in [-0.3, -0.25) is 0 Å². The highest BCUT2D eigenvalue weighted by Crippen LogP contribution is 2.25. The van der Waals surface area contributed by atoms with E-state index < -0.39 is 30.0 Å². The lowest BCUT2D eigenvalue weighted by atomic mass is 9.88. The van der Waals surface area contributed by atoms with Crippen LogP contribution < -0.4 is 18.1 Å². The molecular formula is C14H17ClN2O5. The number of benzene rings is 1. The number of aromatic nitrogens is 1. The van der Waals surface area contributed by atoms with E-state index in [1.54, 1.807) is 12.3 Å². The molecular weight excluding hydrogens is 312 g/mol. The number of hydrogen-bond donors (Lipinski definition) is 5. The number of rotatable bonds is 6. The number of nitrogens with one attached hydrogen (secondary N) is 1.